The number of hydrogen-bond acceptors (Lipinski definition) is 10. The molecular weight excluding hydrogens is 444 g/mol. The lowest BCUT2D eigenvalue weighted by molar-refractivity contribution is -0.142. The highest BCUT2D eigenvalue weighted by Crippen LogP contribution is 2.21. The fraction of sp³-hybridized carbons (Fsp3) is 0.400. The maximum atomic E-state index is 12.6. The number of hydrogen-bond donors (Lipinski definition) is 1. The lowest BCUT2D eigenvalue weighted by atomic mass is 10.3. The third kappa shape index (κ3) is 4.84. The summed E-state index contributed by atoms with van der Waals surface area (Å²) in [7, 11) is 4.99. The zero-order valence-corrected chi connectivity index (χ0v) is 19.0. The number of amides is 2. The van der Waals surface area contributed by atoms with Gasteiger partial charge >= 0.3 is 17.8 Å². The van der Waals surface area contributed by atoms with Crippen LogP contribution in [0.25, 0.3) is 0 Å². The van der Waals surface area contributed by atoms with Gasteiger partial charge in [-0.2, -0.15) is 0 Å². The molecule has 14 nitrogen and oxygen atoms in total. The molecule has 4 rings (SSSR count). The van der Waals surface area contributed by atoms with Crippen molar-refractivity contribution >= 4 is 29.4 Å². The van der Waals surface area contributed by atoms with Crippen LogP contribution in [0, 0.1) is 0 Å². The Kier molecular flexibility index (Phi) is 6.47. The molecule has 4 heterocycles. The molecule has 0 radical (unpaired) electrons. The number of nitrogens with zero attached hydrogens (tertiary/aromatic N) is 9. The van der Waals surface area contributed by atoms with Gasteiger partial charge in [0.15, 0.2) is 5.69 Å². The van der Waals surface area contributed by atoms with Crippen molar-refractivity contribution in [2.24, 2.45) is 7.05 Å². The van der Waals surface area contributed by atoms with E-state index in [1.54, 1.807) is 6.20 Å². The lowest BCUT2D eigenvalue weighted by Gasteiger charge is -2.17. The summed E-state index contributed by atoms with van der Waals surface area (Å²) in [6.07, 6.45) is 8.50. The highest BCUT2D eigenvalue weighted by molar-refractivity contribution is 6.39. The predicted molar refractivity (Wildman–Crippen MR) is 118 cm³/mol. The number of ether oxygens (including phenoxy) is 1. The molecule has 0 spiro atoms. The monoisotopic (exact) mass is 468 g/mol. The number of anilines is 2. The Balaban J connectivity index is 1.31. The van der Waals surface area contributed by atoms with Gasteiger partial charge in [-0.05, 0) is 6.42 Å². The number of esters is 1. The summed E-state index contributed by atoms with van der Waals surface area (Å²) in [5.41, 5.74) is 0.390. The van der Waals surface area contributed by atoms with Gasteiger partial charge in [0.25, 0.3) is 0 Å². The zero-order chi connectivity index (χ0) is 24.2. The third-order valence-electron chi connectivity index (χ3n) is 5.46. The van der Waals surface area contributed by atoms with Crippen molar-refractivity contribution in [2.45, 2.75) is 19.0 Å². The van der Waals surface area contributed by atoms with Crippen LogP contribution in [0.5, 0.6) is 0 Å². The van der Waals surface area contributed by atoms with Crippen LogP contribution < -0.4 is 10.2 Å². The van der Waals surface area contributed by atoms with Gasteiger partial charge in [-0.25, -0.2) is 24.4 Å². The Bertz CT molecular complexity index is 1190. The van der Waals surface area contributed by atoms with E-state index in [1.165, 1.54) is 35.3 Å². The first-order valence-electron chi connectivity index (χ1n) is 10.5. The van der Waals surface area contributed by atoms with Gasteiger partial charge in [-0.15, -0.1) is 5.10 Å². The van der Waals surface area contributed by atoms with Crippen LogP contribution in [-0.2, 0) is 27.9 Å². The van der Waals surface area contributed by atoms with Crippen molar-refractivity contribution in [3.8, 4) is 0 Å². The molecule has 1 aliphatic heterocycles. The number of nitrogens with one attached hydrogen (secondary N) is 1. The Labute approximate surface area is 194 Å². The molecule has 1 saturated heterocycles. The summed E-state index contributed by atoms with van der Waals surface area (Å²) in [6, 6.07) is -0.195. The molecule has 3 aromatic heterocycles. The lowest BCUT2D eigenvalue weighted by Crippen LogP contribution is -2.38. The molecule has 1 aliphatic rings. The van der Waals surface area contributed by atoms with Gasteiger partial charge in [-0.3, -0.25) is 9.59 Å². The molecule has 1 fully saturated rings. The number of likely N-dealkylation sites (tertiary alicyclic amines) is 1. The van der Waals surface area contributed by atoms with Crippen molar-refractivity contribution < 1.29 is 19.1 Å². The quantitative estimate of drug-likeness (QED) is 0.375. The van der Waals surface area contributed by atoms with Crippen molar-refractivity contribution in [3.05, 3.63) is 42.5 Å². The van der Waals surface area contributed by atoms with Crippen LogP contribution in [0.15, 0.2) is 31.0 Å². The summed E-state index contributed by atoms with van der Waals surface area (Å²) < 4.78 is 8.03. The molecule has 1 N–H and O–H groups in total. The normalized spacial score (nSPS) is 15.3. The standard InChI is InChI=1S/C20H24N10O4/c1-27-7-5-21-16(27)12-28(2)20-22-8-13(9-23-20)24-17(31)18(32)29-6-4-14(10-29)30-11-15(25-26-30)19(33)34-3/h5,7-9,11,14H,4,6,10,12H2,1-3H3,(H,24,31). The number of carbonyl (C=O) groups excluding carboxylic acids is 3. The summed E-state index contributed by atoms with van der Waals surface area (Å²) in [5.74, 6) is -0.745. The summed E-state index contributed by atoms with van der Waals surface area (Å²) >= 11 is 0. The maximum Gasteiger partial charge on any atom is 0.360 e. The number of methoxy groups -OCH3 is 1. The van der Waals surface area contributed by atoms with Crippen LogP contribution in [0.4, 0.5) is 11.6 Å². The molecule has 1 unspecified atom stereocenters. The van der Waals surface area contributed by atoms with Crippen LogP contribution in [-0.4, -0.2) is 84.4 Å². The molecule has 0 aromatic carbocycles. The first-order valence-corrected chi connectivity index (χ1v) is 10.5. The Morgan fingerprint density at radius 3 is 2.68 bits per heavy atom. The minimum Gasteiger partial charge on any atom is -0.464 e. The van der Waals surface area contributed by atoms with Gasteiger partial charge in [-0.1, -0.05) is 5.21 Å². The Hall–Kier alpha value is -4.36. The highest BCUT2D eigenvalue weighted by atomic mass is 16.5. The van der Waals surface area contributed by atoms with Crippen LogP contribution in [0.2, 0.25) is 0 Å². The number of carbonyl (C=O) groups is 3. The molecular formula is C20H24N10O4. The number of imidazole rings is 1. The first-order chi connectivity index (χ1) is 16.4. The van der Waals surface area contributed by atoms with E-state index in [4.69, 9.17) is 0 Å². The van der Waals surface area contributed by atoms with Gasteiger partial charge in [0, 0.05) is 39.6 Å². The van der Waals surface area contributed by atoms with E-state index in [0.29, 0.717) is 31.1 Å². The molecule has 178 valence electrons. The van der Waals surface area contributed by atoms with Crippen LogP contribution in [0.3, 0.4) is 0 Å². The van der Waals surface area contributed by atoms with E-state index in [-0.39, 0.29) is 18.3 Å². The van der Waals surface area contributed by atoms with Crippen molar-refractivity contribution in [3.63, 3.8) is 0 Å². The predicted octanol–water partition coefficient (Wildman–Crippen LogP) is -0.363. The topological polar surface area (TPSA) is 153 Å². The van der Waals surface area contributed by atoms with Crippen molar-refractivity contribution in [1.29, 1.82) is 0 Å². The number of aromatic nitrogens is 7. The van der Waals surface area contributed by atoms with Gasteiger partial charge in [0.1, 0.15) is 5.82 Å². The minimum absolute atomic E-state index is 0.0824. The van der Waals surface area contributed by atoms with Crippen molar-refractivity contribution in [1.82, 2.24) is 39.4 Å². The molecule has 3 aromatic rings. The van der Waals surface area contributed by atoms with Gasteiger partial charge in [0.05, 0.1) is 44.0 Å². The maximum absolute atomic E-state index is 12.6. The van der Waals surface area contributed by atoms with Crippen LogP contribution >= 0.6 is 0 Å². The second-order valence-electron chi connectivity index (χ2n) is 7.81. The Morgan fingerprint density at radius 2 is 2.00 bits per heavy atom. The summed E-state index contributed by atoms with van der Waals surface area (Å²) in [5, 5.41) is 10.2. The van der Waals surface area contributed by atoms with E-state index in [1.807, 2.05) is 29.8 Å². The fourth-order valence-corrected chi connectivity index (χ4v) is 3.54. The molecule has 0 aliphatic carbocycles. The van der Waals surface area contributed by atoms with E-state index < -0.39 is 17.8 Å². The molecule has 0 saturated carbocycles. The molecule has 0 bridgehead atoms. The summed E-state index contributed by atoms with van der Waals surface area (Å²) in [4.78, 5) is 52.6. The largest absolute Gasteiger partial charge is 0.464 e. The van der Waals surface area contributed by atoms with E-state index >= 15 is 0 Å². The Morgan fingerprint density at radius 1 is 1.24 bits per heavy atom. The van der Waals surface area contributed by atoms with Gasteiger partial charge < -0.3 is 24.4 Å². The van der Waals surface area contributed by atoms with Gasteiger partial charge in [0.2, 0.25) is 5.95 Å². The van der Waals surface area contributed by atoms with E-state index in [0.717, 1.165) is 5.82 Å². The van der Waals surface area contributed by atoms with E-state index in [2.05, 4.69) is 35.3 Å². The SMILES string of the molecule is COC(=O)c1cn(C2CCN(C(=O)C(=O)Nc3cnc(N(C)Cc4nccn4C)nc3)C2)nn1. The van der Waals surface area contributed by atoms with Crippen LogP contribution in [0.1, 0.15) is 28.8 Å². The summed E-state index contributed by atoms with van der Waals surface area (Å²) in [6.45, 7) is 1.15. The number of rotatable bonds is 6. The second kappa shape index (κ2) is 9.64. The molecule has 34 heavy (non-hydrogen) atoms. The van der Waals surface area contributed by atoms with Crippen molar-refractivity contribution in [2.75, 3.05) is 37.5 Å². The minimum atomic E-state index is -0.785. The molecule has 1 atom stereocenters. The number of aryl methyl sites for hydroxylation is 1. The average Bonchev–Trinajstić information content (AvgIpc) is 3.60. The van der Waals surface area contributed by atoms with E-state index in [9.17, 15) is 14.4 Å². The smallest absolute Gasteiger partial charge is 0.360 e. The first kappa shape index (κ1) is 22.8. The zero-order valence-electron chi connectivity index (χ0n) is 19.0. The third-order valence-corrected chi connectivity index (χ3v) is 5.46. The fourth-order valence-electron chi connectivity index (χ4n) is 3.54. The second-order valence-corrected chi connectivity index (χ2v) is 7.81. The highest BCUT2D eigenvalue weighted by Gasteiger charge is 2.32. The average molecular weight is 468 g/mol. The molecule has 14 heteroatoms. The molecule has 2 amide bonds.